The van der Waals surface area contributed by atoms with Crippen LogP contribution in [0, 0.1) is 31.1 Å². The average Bonchev–Trinajstić information content (AvgIpc) is 3.33. The predicted octanol–water partition coefficient (Wildman–Crippen LogP) is 10.7. The van der Waals surface area contributed by atoms with Gasteiger partial charge in [-0.2, -0.15) is 11.1 Å². The molecule has 0 saturated carbocycles. The summed E-state index contributed by atoms with van der Waals surface area (Å²) in [6, 6.07) is 9.92. The molecule has 208 valence electrons. The quantitative estimate of drug-likeness (QED) is 0.215. The largest absolute Gasteiger partial charge is 0.208 e. The number of fused-ring (bicyclic) bond motifs is 3. The smallest absolute Gasteiger partial charge is 0.0469 e. The van der Waals surface area contributed by atoms with Crippen molar-refractivity contribution in [2.45, 2.75) is 111 Å². The van der Waals surface area contributed by atoms with Gasteiger partial charge in [-0.3, -0.25) is 0 Å². The van der Waals surface area contributed by atoms with Crippen molar-refractivity contribution in [3.05, 3.63) is 86.9 Å². The van der Waals surface area contributed by atoms with Crippen molar-refractivity contribution < 1.29 is 26.2 Å². The van der Waals surface area contributed by atoms with Crippen LogP contribution in [0.3, 0.4) is 0 Å². The van der Waals surface area contributed by atoms with Crippen LogP contribution in [-0.2, 0) is 37.0 Å². The van der Waals surface area contributed by atoms with Gasteiger partial charge in [-0.25, -0.2) is 6.42 Å². The molecular formula is C36H45Cl2Zr-. The van der Waals surface area contributed by atoms with Crippen molar-refractivity contribution in [1.29, 1.82) is 0 Å². The predicted molar refractivity (Wildman–Crippen MR) is 167 cm³/mol. The maximum Gasteiger partial charge on any atom is 0.0469 e. The molecule has 3 heteroatoms. The normalized spacial score (nSPS) is 24.7. The fraction of sp³-hybridized carbons (Fsp3) is 0.528. The Morgan fingerprint density at radius 1 is 0.718 bits per heavy atom. The molecule has 3 atom stereocenters. The summed E-state index contributed by atoms with van der Waals surface area (Å²) in [7, 11) is 0. The van der Waals surface area contributed by atoms with Crippen molar-refractivity contribution in [2.75, 3.05) is 0 Å². The first-order valence-electron chi connectivity index (χ1n) is 14.2. The molecule has 0 radical (unpaired) electrons. The summed E-state index contributed by atoms with van der Waals surface area (Å²) >= 11 is 14.5. The van der Waals surface area contributed by atoms with Gasteiger partial charge in [0.2, 0.25) is 0 Å². The number of rotatable bonds is 1. The summed E-state index contributed by atoms with van der Waals surface area (Å²) < 4.78 is 0. The second kappa shape index (κ2) is 9.64. The van der Waals surface area contributed by atoms with E-state index in [0.717, 1.165) is 0 Å². The fourth-order valence-corrected chi connectivity index (χ4v) is 8.44. The summed E-state index contributed by atoms with van der Waals surface area (Å²) in [5.41, 5.74) is 14.9. The van der Waals surface area contributed by atoms with E-state index in [1.165, 1.54) is 61.2 Å². The molecule has 0 amide bonds. The molecule has 0 nitrogen and oxygen atoms in total. The second-order valence-electron chi connectivity index (χ2n) is 15.4. The first kappa shape index (κ1) is 31.2. The average molecular weight is 640 g/mol. The van der Waals surface area contributed by atoms with E-state index in [2.05, 4.69) is 120 Å². The Morgan fingerprint density at radius 2 is 1.15 bits per heavy atom. The Balaban J connectivity index is 0.00000353. The van der Waals surface area contributed by atoms with Gasteiger partial charge in [0.1, 0.15) is 0 Å². The molecule has 3 unspecified atom stereocenters. The van der Waals surface area contributed by atoms with Crippen molar-refractivity contribution >= 4 is 23.2 Å². The van der Waals surface area contributed by atoms with Crippen molar-refractivity contribution in [3.8, 4) is 11.1 Å². The van der Waals surface area contributed by atoms with Crippen LogP contribution < -0.4 is 0 Å². The molecule has 0 fully saturated rings. The van der Waals surface area contributed by atoms with E-state index in [0.29, 0.717) is 0 Å². The van der Waals surface area contributed by atoms with Crippen LogP contribution in [0.2, 0.25) is 0 Å². The monoisotopic (exact) mass is 637 g/mol. The van der Waals surface area contributed by atoms with Crippen LogP contribution in [0.15, 0.2) is 47.1 Å². The number of hydrogen-bond acceptors (Lipinski definition) is 0. The van der Waals surface area contributed by atoms with E-state index in [1.54, 1.807) is 0 Å². The van der Waals surface area contributed by atoms with E-state index in [1.807, 2.05) is 0 Å². The Bertz CT molecular complexity index is 1330. The third kappa shape index (κ3) is 4.70. The molecule has 5 rings (SSSR count). The third-order valence-corrected chi connectivity index (χ3v) is 10.5. The van der Waals surface area contributed by atoms with Gasteiger partial charge in [0, 0.05) is 37.5 Å². The van der Waals surface area contributed by atoms with Crippen LogP contribution in [-0.4, -0.2) is 10.8 Å². The van der Waals surface area contributed by atoms with Gasteiger partial charge in [-0.1, -0.05) is 104 Å². The molecule has 3 aliphatic rings. The zero-order valence-electron chi connectivity index (χ0n) is 26.0. The summed E-state index contributed by atoms with van der Waals surface area (Å²) in [5, 5.41) is -0.232. The molecule has 0 aromatic heterocycles. The molecule has 0 N–H and O–H groups in total. The maximum absolute atomic E-state index is 7.36. The Hall–Kier alpha value is -0.747. The maximum atomic E-state index is 7.36. The summed E-state index contributed by atoms with van der Waals surface area (Å²) in [6.45, 7) is 27.7. The standard InChI is InChI=1S/C36H45Cl2.Zr/c1-19-13-23-21(15-26(19)33(3,4)5)22-16-27(34(6,7)8)20(2)14-24(22)31(23)36(12)28-18-29(35(9,10)11)32(38)25(28)17-30(36)37;/h13-18,30-32H,1-12H3;/q-1;. The molecule has 0 saturated heterocycles. The van der Waals surface area contributed by atoms with E-state index in [9.17, 15) is 0 Å². The van der Waals surface area contributed by atoms with Gasteiger partial charge in [-0.05, 0) is 80.0 Å². The zero-order chi connectivity index (χ0) is 28.3. The van der Waals surface area contributed by atoms with Crippen molar-refractivity contribution in [3.63, 3.8) is 0 Å². The molecule has 0 spiro atoms. The summed E-state index contributed by atoms with van der Waals surface area (Å²) in [6.07, 6.45) is 4.66. The topological polar surface area (TPSA) is 0 Å². The van der Waals surface area contributed by atoms with Crippen molar-refractivity contribution in [2.24, 2.45) is 10.8 Å². The van der Waals surface area contributed by atoms with E-state index in [4.69, 9.17) is 23.2 Å². The number of allylic oxidation sites excluding steroid dienone is 4. The van der Waals surface area contributed by atoms with Crippen LogP contribution in [0.1, 0.15) is 109 Å². The molecule has 0 aliphatic heterocycles. The number of benzene rings is 2. The second-order valence-corrected chi connectivity index (χ2v) is 16.3. The Labute approximate surface area is 267 Å². The van der Waals surface area contributed by atoms with Crippen molar-refractivity contribution in [1.82, 2.24) is 0 Å². The van der Waals surface area contributed by atoms with E-state index >= 15 is 0 Å². The Morgan fingerprint density at radius 3 is 1.54 bits per heavy atom. The third-order valence-electron chi connectivity index (χ3n) is 9.42. The molecule has 0 heterocycles. The zero-order valence-corrected chi connectivity index (χ0v) is 29.9. The van der Waals surface area contributed by atoms with E-state index < -0.39 is 0 Å². The van der Waals surface area contributed by atoms with Gasteiger partial charge >= 0.3 is 0 Å². The summed E-state index contributed by atoms with van der Waals surface area (Å²) in [5.74, 6) is 0.165. The van der Waals surface area contributed by atoms with Crippen LogP contribution in [0.5, 0.6) is 0 Å². The molecule has 0 bridgehead atoms. The minimum absolute atomic E-state index is 0. The number of hydrogen-bond donors (Lipinski definition) is 0. The van der Waals surface area contributed by atoms with Gasteiger partial charge < -0.3 is 0 Å². The number of halogens is 2. The molecule has 39 heavy (non-hydrogen) atoms. The number of aryl methyl sites for hydroxylation is 2. The van der Waals surface area contributed by atoms with Gasteiger partial charge in [0.15, 0.2) is 0 Å². The first-order chi connectivity index (χ1) is 17.3. The number of alkyl halides is 2. The molecule has 2 aromatic rings. The van der Waals surface area contributed by atoms with Crippen LogP contribution >= 0.6 is 23.2 Å². The minimum atomic E-state index is -0.289. The molecule has 2 aromatic carbocycles. The van der Waals surface area contributed by atoms with E-state index in [-0.39, 0.29) is 64.5 Å². The van der Waals surface area contributed by atoms with Gasteiger partial charge in [0.25, 0.3) is 0 Å². The molecule has 3 aliphatic carbocycles. The molecular weight excluding hydrogens is 595 g/mol. The van der Waals surface area contributed by atoms with Crippen LogP contribution in [0.4, 0.5) is 0 Å². The van der Waals surface area contributed by atoms with Crippen LogP contribution in [0.25, 0.3) is 11.1 Å². The fourth-order valence-electron chi connectivity index (χ4n) is 7.48. The summed E-state index contributed by atoms with van der Waals surface area (Å²) in [4.78, 5) is 0. The van der Waals surface area contributed by atoms with Gasteiger partial charge in [0.05, 0.1) is 0 Å². The SMILES string of the molecule is Cc1cc2c(cc1C(C)(C)C)-c1cc(C(C)(C)C)c(C)cc1C2C1(C)C2=C([CH-]C1Cl)C(Cl)C(C(C)(C)C)=C2.[Zr]. The minimum Gasteiger partial charge on any atom is -0.208 e. The first-order valence-corrected chi connectivity index (χ1v) is 15.1. The Kier molecular flexibility index (Phi) is 7.71. The van der Waals surface area contributed by atoms with Gasteiger partial charge in [-0.15, -0.1) is 29.3 Å².